The third-order valence-corrected chi connectivity index (χ3v) is 5.54. The predicted molar refractivity (Wildman–Crippen MR) is 102 cm³/mol. The summed E-state index contributed by atoms with van der Waals surface area (Å²) in [7, 11) is 0.623. The fourth-order valence-corrected chi connectivity index (χ4v) is 3.81. The van der Waals surface area contributed by atoms with E-state index in [1.165, 1.54) is 44.2 Å². The highest BCUT2D eigenvalue weighted by Crippen LogP contribution is 2.29. The number of nitrogens with one attached hydrogen (secondary N) is 1. The Morgan fingerprint density at radius 2 is 1.70 bits per heavy atom. The molecule has 7 nitrogen and oxygen atoms in total. The number of likely N-dealkylation sites (N-methyl/N-ethyl adjacent to an activating group) is 1. The summed E-state index contributed by atoms with van der Waals surface area (Å²) >= 11 is 0. The van der Waals surface area contributed by atoms with Gasteiger partial charge in [-0.25, -0.2) is 8.42 Å². The van der Waals surface area contributed by atoms with Gasteiger partial charge in [-0.05, 0) is 24.6 Å². The third kappa shape index (κ3) is 5.21. The highest BCUT2D eigenvalue weighted by Gasteiger charge is 2.25. The lowest BCUT2D eigenvalue weighted by molar-refractivity contribution is -0.131. The molecule has 0 fully saturated rings. The number of hydrogen-bond donors (Lipinski definition) is 1. The van der Waals surface area contributed by atoms with Crippen LogP contribution in [0.2, 0.25) is 0 Å². The van der Waals surface area contributed by atoms with E-state index in [1.807, 2.05) is 30.3 Å². The summed E-state index contributed by atoms with van der Waals surface area (Å²) in [6.45, 7) is 1.91. The van der Waals surface area contributed by atoms with Gasteiger partial charge in [-0.2, -0.15) is 4.72 Å². The lowest BCUT2D eigenvalue weighted by atomic mass is 10.2. The van der Waals surface area contributed by atoms with E-state index < -0.39 is 16.1 Å². The number of sulfonamides is 1. The van der Waals surface area contributed by atoms with Gasteiger partial charge in [0.2, 0.25) is 15.9 Å². The second-order valence-electron chi connectivity index (χ2n) is 6.04. The summed E-state index contributed by atoms with van der Waals surface area (Å²) in [5.41, 5.74) is 0.961. The Labute approximate surface area is 160 Å². The number of rotatable bonds is 8. The smallest absolute Gasteiger partial charge is 0.241 e. The average Bonchev–Trinajstić information content (AvgIpc) is 2.67. The van der Waals surface area contributed by atoms with Crippen LogP contribution in [-0.4, -0.2) is 46.5 Å². The van der Waals surface area contributed by atoms with Gasteiger partial charge in [0.1, 0.15) is 0 Å². The first kappa shape index (κ1) is 20.7. The number of ether oxygens (including phenoxy) is 2. The van der Waals surface area contributed by atoms with Crippen molar-refractivity contribution in [3.05, 3.63) is 54.1 Å². The van der Waals surface area contributed by atoms with E-state index in [4.69, 9.17) is 9.47 Å². The zero-order chi connectivity index (χ0) is 20.0. The maximum Gasteiger partial charge on any atom is 0.241 e. The summed E-state index contributed by atoms with van der Waals surface area (Å²) in [5, 5.41) is 0. The molecule has 1 atom stereocenters. The van der Waals surface area contributed by atoms with Gasteiger partial charge >= 0.3 is 0 Å². The molecular formula is C19H24N2O5S. The van der Waals surface area contributed by atoms with Crippen molar-refractivity contribution in [3.8, 4) is 11.5 Å². The Bertz CT molecular complexity index is 884. The van der Waals surface area contributed by atoms with Crippen LogP contribution in [0.5, 0.6) is 11.5 Å². The van der Waals surface area contributed by atoms with Crippen molar-refractivity contribution < 1.29 is 22.7 Å². The molecule has 0 aliphatic carbocycles. The molecule has 0 spiro atoms. The fourth-order valence-electron chi connectivity index (χ4n) is 2.60. The quantitative estimate of drug-likeness (QED) is 0.743. The predicted octanol–water partition coefficient (Wildman–Crippen LogP) is 2.03. The third-order valence-electron chi connectivity index (χ3n) is 4.01. The first-order valence-corrected chi connectivity index (χ1v) is 9.80. The molecule has 0 aliphatic rings. The molecule has 0 aromatic heterocycles. The van der Waals surface area contributed by atoms with Crippen molar-refractivity contribution in [1.82, 2.24) is 9.62 Å². The molecule has 2 aromatic rings. The highest BCUT2D eigenvalue weighted by molar-refractivity contribution is 7.89. The van der Waals surface area contributed by atoms with Crippen molar-refractivity contribution in [2.45, 2.75) is 24.4 Å². The molecule has 0 saturated heterocycles. The monoisotopic (exact) mass is 392 g/mol. The molecule has 0 bridgehead atoms. The zero-order valence-electron chi connectivity index (χ0n) is 15.8. The highest BCUT2D eigenvalue weighted by atomic mass is 32.2. The largest absolute Gasteiger partial charge is 0.493 e. The molecule has 0 saturated carbocycles. The minimum Gasteiger partial charge on any atom is -0.493 e. The van der Waals surface area contributed by atoms with E-state index in [1.54, 1.807) is 7.05 Å². The lowest BCUT2D eigenvalue weighted by Gasteiger charge is -2.22. The number of carbonyl (C=O) groups excluding carboxylic acids is 1. The van der Waals surface area contributed by atoms with Crippen LogP contribution >= 0.6 is 0 Å². The molecule has 1 N–H and O–H groups in total. The summed E-state index contributed by atoms with van der Waals surface area (Å²) in [4.78, 5) is 14.0. The maximum absolute atomic E-state index is 12.6. The van der Waals surface area contributed by atoms with E-state index in [2.05, 4.69) is 4.72 Å². The Morgan fingerprint density at radius 3 is 2.30 bits per heavy atom. The Hall–Kier alpha value is -2.58. The summed E-state index contributed by atoms with van der Waals surface area (Å²) in [6.07, 6.45) is 0. The molecule has 146 valence electrons. The van der Waals surface area contributed by atoms with E-state index in [-0.39, 0.29) is 10.8 Å². The lowest BCUT2D eigenvalue weighted by Crippen LogP contribution is -2.45. The van der Waals surface area contributed by atoms with Crippen molar-refractivity contribution in [2.24, 2.45) is 0 Å². The van der Waals surface area contributed by atoms with Gasteiger partial charge < -0.3 is 14.4 Å². The van der Waals surface area contributed by atoms with Crippen LogP contribution in [0, 0.1) is 0 Å². The number of hydrogen-bond acceptors (Lipinski definition) is 5. The van der Waals surface area contributed by atoms with Crippen molar-refractivity contribution in [2.75, 3.05) is 21.3 Å². The number of benzene rings is 2. The zero-order valence-corrected chi connectivity index (χ0v) is 16.6. The van der Waals surface area contributed by atoms with Crippen LogP contribution in [0.4, 0.5) is 0 Å². The minimum atomic E-state index is -3.90. The van der Waals surface area contributed by atoms with E-state index in [0.717, 1.165) is 5.56 Å². The standard InChI is InChI=1S/C19H24N2O5S/c1-14(19(22)21(2)13-15-8-6-5-7-9-15)20-27(23,24)16-10-11-17(25-3)18(12-16)26-4/h5-12,14,20H,13H2,1-4H3/t14-/m1/s1. The van der Waals surface area contributed by atoms with E-state index in [9.17, 15) is 13.2 Å². The molecule has 0 unspecified atom stereocenters. The van der Waals surface area contributed by atoms with E-state index in [0.29, 0.717) is 18.0 Å². The van der Waals surface area contributed by atoms with Crippen molar-refractivity contribution in [1.29, 1.82) is 0 Å². The molecule has 0 aliphatic heterocycles. The molecule has 27 heavy (non-hydrogen) atoms. The molecule has 8 heteroatoms. The Kier molecular flexibility index (Phi) is 6.81. The summed E-state index contributed by atoms with van der Waals surface area (Å²) < 4.78 is 37.9. The van der Waals surface area contributed by atoms with E-state index >= 15 is 0 Å². The first-order chi connectivity index (χ1) is 12.8. The number of nitrogens with zero attached hydrogens (tertiary/aromatic N) is 1. The van der Waals surface area contributed by atoms with Gasteiger partial charge in [-0.3, -0.25) is 4.79 Å². The van der Waals surface area contributed by atoms with Crippen LogP contribution in [0.25, 0.3) is 0 Å². The first-order valence-electron chi connectivity index (χ1n) is 8.31. The molecular weight excluding hydrogens is 368 g/mol. The van der Waals surface area contributed by atoms with Gasteiger partial charge in [0, 0.05) is 19.7 Å². The summed E-state index contributed by atoms with van der Waals surface area (Å²) in [6, 6.07) is 12.8. The van der Waals surface area contributed by atoms with Gasteiger partial charge in [-0.1, -0.05) is 30.3 Å². The Morgan fingerprint density at radius 1 is 1.07 bits per heavy atom. The van der Waals surface area contributed by atoms with Crippen LogP contribution in [0.15, 0.2) is 53.4 Å². The SMILES string of the molecule is COc1ccc(S(=O)(=O)N[C@H](C)C(=O)N(C)Cc2ccccc2)cc1OC. The van der Waals surface area contributed by atoms with Gasteiger partial charge in [-0.15, -0.1) is 0 Å². The van der Waals surface area contributed by atoms with Crippen LogP contribution in [0.1, 0.15) is 12.5 Å². The summed E-state index contributed by atoms with van der Waals surface area (Å²) in [5.74, 6) is 0.381. The van der Waals surface area contributed by atoms with Gasteiger partial charge in [0.05, 0.1) is 25.2 Å². The normalized spacial score (nSPS) is 12.3. The molecule has 0 radical (unpaired) electrons. The van der Waals surface area contributed by atoms with Crippen LogP contribution in [0.3, 0.4) is 0 Å². The van der Waals surface area contributed by atoms with Crippen LogP contribution < -0.4 is 14.2 Å². The fraction of sp³-hybridized carbons (Fsp3) is 0.316. The number of carbonyl (C=O) groups is 1. The van der Waals surface area contributed by atoms with Crippen LogP contribution in [-0.2, 0) is 21.4 Å². The average molecular weight is 392 g/mol. The number of amides is 1. The minimum absolute atomic E-state index is 0.00878. The Balaban J connectivity index is 2.11. The number of methoxy groups -OCH3 is 2. The van der Waals surface area contributed by atoms with Gasteiger partial charge in [0.15, 0.2) is 11.5 Å². The topological polar surface area (TPSA) is 84.9 Å². The van der Waals surface area contributed by atoms with Crippen molar-refractivity contribution >= 4 is 15.9 Å². The second kappa shape index (κ2) is 8.88. The maximum atomic E-state index is 12.6. The molecule has 1 amide bonds. The van der Waals surface area contributed by atoms with Gasteiger partial charge in [0.25, 0.3) is 0 Å². The van der Waals surface area contributed by atoms with Crippen molar-refractivity contribution in [3.63, 3.8) is 0 Å². The molecule has 2 aromatic carbocycles. The molecule has 0 heterocycles. The molecule has 2 rings (SSSR count). The second-order valence-corrected chi connectivity index (χ2v) is 7.75.